The van der Waals surface area contributed by atoms with Crippen molar-refractivity contribution in [3.05, 3.63) is 35.3 Å². The molecule has 1 saturated heterocycles. The molecule has 1 fully saturated rings. The van der Waals surface area contributed by atoms with Gasteiger partial charge in [0.1, 0.15) is 6.17 Å². The Morgan fingerprint density at radius 1 is 1.31 bits per heavy atom. The van der Waals surface area contributed by atoms with Gasteiger partial charge in [0.05, 0.1) is 18.5 Å². The number of carbonyl (C=O) groups is 2. The zero-order valence-corrected chi connectivity index (χ0v) is 19.2. The van der Waals surface area contributed by atoms with Gasteiger partial charge in [0.25, 0.3) is 0 Å². The first-order valence-corrected chi connectivity index (χ1v) is 10.7. The molecule has 3 unspecified atom stereocenters. The highest BCUT2D eigenvalue weighted by atomic mass is 35.5. The number of alkyl halides is 4. The number of nitrogens with zero attached hydrogens (tertiary/aromatic N) is 4. The van der Waals surface area contributed by atoms with E-state index in [9.17, 15) is 32.3 Å². The maximum atomic E-state index is 13.7. The van der Waals surface area contributed by atoms with Crippen LogP contribution in [0.5, 0.6) is 0 Å². The van der Waals surface area contributed by atoms with E-state index < -0.39 is 42.1 Å². The zero-order valence-electron chi connectivity index (χ0n) is 18.4. The minimum absolute atomic E-state index is 0. The third kappa shape index (κ3) is 5.73. The Balaban J connectivity index is 0.00000342. The van der Waals surface area contributed by atoms with Gasteiger partial charge in [-0.1, -0.05) is 0 Å². The first-order valence-electron chi connectivity index (χ1n) is 10.7. The smallest absolute Gasteiger partial charge is 0.433 e. The summed E-state index contributed by atoms with van der Waals surface area (Å²) in [5.41, 5.74) is 4.90. The van der Waals surface area contributed by atoms with Crippen LogP contribution in [0.4, 0.5) is 17.6 Å². The molecule has 3 atom stereocenters. The Labute approximate surface area is 203 Å². The van der Waals surface area contributed by atoms with Crippen molar-refractivity contribution in [1.29, 1.82) is 0 Å². The van der Waals surface area contributed by atoms with Crippen molar-refractivity contribution in [2.75, 3.05) is 13.1 Å². The third-order valence-corrected chi connectivity index (χ3v) is 5.89. The van der Waals surface area contributed by atoms with Crippen LogP contribution in [0.1, 0.15) is 36.2 Å². The number of furan rings is 1. The minimum atomic E-state index is -4.71. The summed E-state index contributed by atoms with van der Waals surface area (Å²) in [5, 5.41) is 9.91. The zero-order chi connectivity index (χ0) is 24.6. The predicted molar refractivity (Wildman–Crippen MR) is 116 cm³/mol. The van der Waals surface area contributed by atoms with E-state index in [1.54, 1.807) is 0 Å². The van der Waals surface area contributed by atoms with Crippen LogP contribution in [0.2, 0.25) is 0 Å². The summed E-state index contributed by atoms with van der Waals surface area (Å²) in [5.74, 6) is -1.09. The van der Waals surface area contributed by atoms with Crippen LogP contribution in [0.25, 0.3) is 11.6 Å². The van der Waals surface area contributed by atoms with Crippen LogP contribution in [0.15, 0.2) is 22.8 Å². The summed E-state index contributed by atoms with van der Waals surface area (Å²) in [6.07, 6.45) is -7.13. The topological polar surface area (TPSA) is 126 Å². The molecule has 4 heterocycles. The van der Waals surface area contributed by atoms with Gasteiger partial charge < -0.3 is 25.1 Å². The highest BCUT2D eigenvalue weighted by molar-refractivity contribution is 5.85. The van der Waals surface area contributed by atoms with Crippen LogP contribution in [-0.4, -0.2) is 68.2 Å². The van der Waals surface area contributed by atoms with Gasteiger partial charge in [-0.15, -0.1) is 12.4 Å². The fourth-order valence-electron chi connectivity index (χ4n) is 4.17. The minimum Gasteiger partial charge on any atom is -0.461 e. The predicted octanol–water partition coefficient (Wildman–Crippen LogP) is 2.06. The van der Waals surface area contributed by atoms with Crippen LogP contribution < -0.4 is 5.73 Å². The fraction of sp³-hybridized carbons (Fsp3) is 0.524. The molecule has 192 valence electrons. The van der Waals surface area contributed by atoms with E-state index in [-0.39, 0.29) is 80.6 Å². The molecule has 35 heavy (non-hydrogen) atoms. The number of likely N-dealkylation sites (tertiary alicyclic amines) is 1. The standard InChI is InChI=1S/C21H23F4N5O4.ClH/c22-13-3-4-16(31)30(20(13)33)9-11(26)8-17(32)29-6-5-12-14(10-29)27-19(15-2-1-7-34-15)28-18(12)21(23,24)25;/h1-2,7,11,13,20,33H,3-6,8-10,26H2;1H. The molecule has 0 spiro atoms. The Kier molecular flexibility index (Phi) is 8.02. The highest BCUT2D eigenvalue weighted by Gasteiger charge is 2.40. The van der Waals surface area contributed by atoms with E-state index in [0.29, 0.717) is 0 Å². The van der Waals surface area contributed by atoms with Crippen molar-refractivity contribution in [1.82, 2.24) is 19.8 Å². The lowest BCUT2D eigenvalue weighted by atomic mass is 10.0. The van der Waals surface area contributed by atoms with Crippen molar-refractivity contribution >= 4 is 24.2 Å². The second kappa shape index (κ2) is 10.5. The number of amides is 2. The van der Waals surface area contributed by atoms with Gasteiger partial charge >= 0.3 is 6.18 Å². The molecule has 3 N–H and O–H groups in total. The number of nitrogens with two attached hydrogens (primary N) is 1. The Hall–Kier alpha value is -2.77. The molecule has 2 amide bonds. The Morgan fingerprint density at radius 3 is 2.71 bits per heavy atom. The number of aliphatic hydroxyl groups excluding tert-OH is 1. The Morgan fingerprint density at radius 2 is 2.06 bits per heavy atom. The monoisotopic (exact) mass is 521 g/mol. The molecular weight excluding hydrogens is 498 g/mol. The van der Waals surface area contributed by atoms with Gasteiger partial charge in [0.15, 0.2) is 23.5 Å². The number of fused-ring (bicyclic) bond motifs is 1. The molecule has 0 aliphatic carbocycles. The van der Waals surface area contributed by atoms with Gasteiger partial charge in [0.2, 0.25) is 11.8 Å². The van der Waals surface area contributed by atoms with Crippen molar-refractivity contribution < 1.29 is 36.7 Å². The number of carbonyl (C=O) groups excluding carboxylic acids is 2. The first-order chi connectivity index (χ1) is 16.0. The SMILES string of the molecule is Cl.NC(CC(=O)N1CCc2c(nc(-c3ccco3)nc2C(F)(F)F)C1)CN1C(=O)CCC(F)C1O. The van der Waals surface area contributed by atoms with Gasteiger partial charge in [-0.3, -0.25) is 9.59 Å². The van der Waals surface area contributed by atoms with Crippen LogP contribution in [0.3, 0.4) is 0 Å². The molecule has 0 radical (unpaired) electrons. The molecule has 0 saturated carbocycles. The fourth-order valence-corrected chi connectivity index (χ4v) is 4.17. The van der Waals surface area contributed by atoms with E-state index in [1.165, 1.54) is 23.3 Å². The lowest BCUT2D eigenvalue weighted by Gasteiger charge is -2.36. The summed E-state index contributed by atoms with van der Waals surface area (Å²) < 4.78 is 59.8. The number of halogens is 5. The summed E-state index contributed by atoms with van der Waals surface area (Å²) in [6.45, 7) is -0.402. The van der Waals surface area contributed by atoms with E-state index in [0.717, 1.165) is 4.90 Å². The quantitative estimate of drug-likeness (QED) is 0.577. The average molecular weight is 522 g/mol. The molecule has 2 aromatic heterocycles. The van der Waals surface area contributed by atoms with Gasteiger partial charge in [-0.2, -0.15) is 13.2 Å². The number of hydrogen-bond donors (Lipinski definition) is 2. The van der Waals surface area contributed by atoms with E-state index in [2.05, 4.69) is 9.97 Å². The lowest BCUT2D eigenvalue weighted by Crippen LogP contribution is -2.54. The molecule has 9 nitrogen and oxygen atoms in total. The normalized spacial score (nSPS) is 21.4. The van der Waals surface area contributed by atoms with Crippen molar-refractivity contribution in [3.8, 4) is 11.6 Å². The van der Waals surface area contributed by atoms with E-state index in [4.69, 9.17) is 10.2 Å². The number of aliphatic hydroxyl groups is 1. The van der Waals surface area contributed by atoms with Gasteiger partial charge in [0, 0.05) is 37.5 Å². The van der Waals surface area contributed by atoms with E-state index >= 15 is 0 Å². The van der Waals surface area contributed by atoms with Gasteiger partial charge in [-0.25, -0.2) is 14.4 Å². The summed E-state index contributed by atoms with van der Waals surface area (Å²) in [7, 11) is 0. The number of aromatic nitrogens is 2. The number of piperidine rings is 1. The highest BCUT2D eigenvalue weighted by Crippen LogP contribution is 2.35. The molecule has 0 bridgehead atoms. The van der Waals surface area contributed by atoms with Crippen molar-refractivity contribution in [2.45, 2.75) is 56.8 Å². The molecule has 2 aliphatic rings. The lowest BCUT2D eigenvalue weighted by molar-refractivity contribution is -0.155. The molecular formula is C21H24ClF4N5O4. The van der Waals surface area contributed by atoms with Gasteiger partial charge in [-0.05, 0) is 25.0 Å². The van der Waals surface area contributed by atoms with Crippen LogP contribution in [-0.2, 0) is 28.7 Å². The average Bonchev–Trinajstić information content (AvgIpc) is 3.32. The summed E-state index contributed by atoms with van der Waals surface area (Å²) in [6, 6.07) is 2.04. The largest absolute Gasteiger partial charge is 0.461 e. The van der Waals surface area contributed by atoms with Crippen LogP contribution >= 0.6 is 12.4 Å². The number of hydrogen-bond acceptors (Lipinski definition) is 7. The molecule has 2 aromatic rings. The summed E-state index contributed by atoms with van der Waals surface area (Å²) in [4.78, 5) is 34.9. The molecule has 0 aromatic carbocycles. The summed E-state index contributed by atoms with van der Waals surface area (Å²) >= 11 is 0. The Bertz CT molecular complexity index is 1070. The molecule has 2 aliphatic heterocycles. The molecule has 14 heteroatoms. The maximum Gasteiger partial charge on any atom is 0.433 e. The van der Waals surface area contributed by atoms with Crippen LogP contribution in [0, 0.1) is 0 Å². The maximum absolute atomic E-state index is 13.7. The second-order valence-electron chi connectivity index (χ2n) is 8.34. The molecule has 4 rings (SSSR count). The third-order valence-electron chi connectivity index (χ3n) is 5.89. The van der Waals surface area contributed by atoms with Crippen molar-refractivity contribution in [2.24, 2.45) is 5.73 Å². The second-order valence-corrected chi connectivity index (χ2v) is 8.34. The van der Waals surface area contributed by atoms with Crippen molar-refractivity contribution in [3.63, 3.8) is 0 Å². The first kappa shape index (κ1) is 26.8. The van der Waals surface area contributed by atoms with E-state index in [1.807, 2.05) is 0 Å². The number of rotatable bonds is 5.